The molecule has 0 aromatic heterocycles. The van der Waals surface area contributed by atoms with Gasteiger partial charge in [0.15, 0.2) is 0 Å². The van der Waals surface area contributed by atoms with Crippen molar-refractivity contribution in [3.63, 3.8) is 0 Å². The predicted octanol–water partition coefficient (Wildman–Crippen LogP) is 3.59. The Morgan fingerprint density at radius 3 is 2.47 bits per heavy atom. The fraction of sp³-hybridized carbons (Fsp3) is 0.682. The fourth-order valence-electron chi connectivity index (χ4n) is 4.15. The summed E-state index contributed by atoms with van der Waals surface area (Å²) in [6, 6.07) is 6.79. The number of amides is 1. The lowest BCUT2D eigenvalue weighted by atomic mass is 9.73. The molecule has 1 aromatic rings. The lowest BCUT2D eigenvalue weighted by molar-refractivity contribution is -0.220. The van der Waals surface area contributed by atoms with E-state index in [1.165, 1.54) is 12.0 Å². The van der Waals surface area contributed by atoms with E-state index in [-0.39, 0.29) is 12.2 Å². The summed E-state index contributed by atoms with van der Waals surface area (Å²) in [6.45, 7) is 2.70. The Kier molecular flexibility index (Phi) is 7.98. The largest absolute Gasteiger partial charge is 0.497 e. The summed E-state index contributed by atoms with van der Waals surface area (Å²) < 4.78 is 61.4. The SMILES string of the molecule is BC(C)C1COC2(CCN(C(=O)O[C@H](COCc3ccc(OC)cc3)C(F)(F)F)CC2)C1. The van der Waals surface area contributed by atoms with Gasteiger partial charge in [-0.1, -0.05) is 24.9 Å². The maximum absolute atomic E-state index is 13.4. The molecule has 0 N–H and O–H groups in total. The van der Waals surface area contributed by atoms with Crippen LogP contribution >= 0.6 is 0 Å². The number of rotatable bonds is 7. The zero-order valence-corrected chi connectivity index (χ0v) is 18.8. The lowest BCUT2D eigenvalue weighted by Crippen LogP contribution is -2.49. The topological polar surface area (TPSA) is 57.2 Å². The molecule has 178 valence electrons. The van der Waals surface area contributed by atoms with Crippen LogP contribution in [-0.2, 0) is 20.8 Å². The number of methoxy groups -OCH3 is 1. The third-order valence-electron chi connectivity index (χ3n) is 6.42. The van der Waals surface area contributed by atoms with E-state index in [9.17, 15) is 18.0 Å². The van der Waals surface area contributed by atoms with Gasteiger partial charge < -0.3 is 23.8 Å². The van der Waals surface area contributed by atoms with Crippen LogP contribution in [0.2, 0.25) is 5.82 Å². The van der Waals surface area contributed by atoms with Gasteiger partial charge in [-0.3, -0.25) is 0 Å². The summed E-state index contributed by atoms with van der Waals surface area (Å²) in [6.07, 6.45) is -5.86. The zero-order valence-electron chi connectivity index (χ0n) is 18.8. The van der Waals surface area contributed by atoms with Gasteiger partial charge in [0.2, 0.25) is 6.10 Å². The van der Waals surface area contributed by atoms with E-state index in [0.717, 1.165) is 6.42 Å². The molecule has 2 aliphatic heterocycles. The van der Waals surface area contributed by atoms with E-state index in [1.54, 1.807) is 24.3 Å². The van der Waals surface area contributed by atoms with E-state index in [1.807, 2.05) is 0 Å². The first-order valence-corrected chi connectivity index (χ1v) is 11.0. The molecule has 3 atom stereocenters. The van der Waals surface area contributed by atoms with Crippen molar-refractivity contribution in [3.05, 3.63) is 29.8 Å². The van der Waals surface area contributed by atoms with Gasteiger partial charge in [0.1, 0.15) is 13.6 Å². The van der Waals surface area contributed by atoms with E-state index in [4.69, 9.17) is 18.9 Å². The van der Waals surface area contributed by atoms with Crippen molar-refractivity contribution in [2.24, 2.45) is 5.92 Å². The van der Waals surface area contributed by atoms with Crippen molar-refractivity contribution in [2.75, 3.05) is 33.4 Å². The number of piperidine rings is 1. The van der Waals surface area contributed by atoms with Gasteiger partial charge in [0, 0.05) is 19.7 Å². The molecular weight excluding hydrogens is 426 g/mol. The van der Waals surface area contributed by atoms with Crippen LogP contribution in [0.25, 0.3) is 0 Å². The molecule has 1 spiro atoms. The van der Waals surface area contributed by atoms with Crippen LogP contribution < -0.4 is 4.74 Å². The number of ether oxygens (including phenoxy) is 4. The summed E-state index contributed by atoms with van der Waals surface area (Å²) in [4.78, 5) is 13.8. The molecule has 6 nitrogen and oxygen atoms in total. The van der Waals surface area contributed by atoms with Gasteiger partial charge in [-0.15, -0.1) is 0 Å². The smallest absolute Gasteiger partial charge is 0.427 e. The quantitative estimate of drug-likeness (QED) is 0.586. The molecule has 1 amide bonds. The summed E-state index contributed by atoms with van der Waals surface area (Å²) in [5.74, 6) is 1.63. The van der Waals surface area contributed by atoms with E-state index < -0.39 is 25.0 Å². The van der Waals surface area contributed by atoms with Gasteiger partial charge in [-0.05, 0) is 42.9 Å². The second-order valence-electron chi connectivity index (χ2n) is 8.97. The fourth-order valence-corrected chi connectivity index (χ4v) is 4.15. The van der Waals surface area contributed by atoms with Crippen LogP contribution in [0.5, 0.6) is 5.75 Å². The monoisotopic (exact) mass is 457 g/mol. The van der Waals surface area contributed by atoms with Crippen molar-refractivity contribution in [1.82, 2.24) is 4.90 Å². The Balaban J connectivity index is 1.48. The molecule has 2 aliphatic rings. The third-order valence-corrected chi connectivity index (χ3v) is 6.42. The van der Waals surface area contributed by atoms with E-state index >= 15 is 0 Å². The zero-order chi connectivity index (χ0) is 23.4. The van der Waals surface area contributed by atoms with Crippen LogP contribution in [0.1, 0.15) is 31.7 Å². The number of likely N-dealkylation sites (tertiary alicyclic amines) is 1. The second kappa shape index (κ2) is 10.3. The van der Waals surface area contributed by atoms with Gasteiger partial charge in [-0.2, -0.15) is 13.2 Å². The highest BCUT2D eigenvalue weighted by Gasteiger charge is 2.46. The highest BCUT2D eigenvalue weighted by Crippen LogP contribution is 2.42. The molecule has 2 heterocycles. The number of hydrogen-bond acceptors (Lipinski definition) is 5. The predicted molar refractivity (Wildman–Crippen MR) is 115 cm³/mol. The first-order valence-electron chi connectivity index (χ1n) is 11.0. The highest BCUT2D eigenvalue weighted by atomic mass is 19.4. The van der Waals surface area contributed by atoms with Crippen molar-refractivity contribution in [1.29, 1.82) is 0 Å². The minimum Gasteiger partial charge on any atom is -0.497 e. The number of halogens is 3. The molecule has 2 unspecified atom stereocenters. The summed E-state index contributed by atoms with van der Waals surface area (Å²) in [7, 11) is 3.69. The van der Waals surface area contributed by atoms with E-state index in [0.29, 0.717) is 55.6 Å². The maximum Gasteiger partial charge on any atom is 0.427 e. The van der Waals surface area contributed by atoms with E-state index in [2.05, 4.69) is 14.8 Å². The number of hydrogen-bond donors (Lipinski definition) is 0. The van der Waals surface area contributed by atoms with Crippen molar-refractivity contribution >= 4 is 13.9 Å². The second-order valence-corrected chi connectivity index (χ2v) is 8.97. The van der Waals surface area contributed by atoms with Gasteiger partial charge in [0.05, 0.1) is 25.9 Å². The molecule has 2 fully saturated rings. The van der Waals surface area contributed by atoms with Gasteiger partial charge in [0.25, 0.3) is 0 Å². The molecule has 0 bridgehead atoms. The van der Waals surface area contributed by atoms with Crippen LogP contribution in [0.3, 0.4) is 0 Å². The van der Waals surface area contributed by atoms with Crippen molar-refractivity contribution in [3.8, 4) is 5.75 Å². The molecule has 0 radical (unpaired) electrons. The average molecular weight is 457 g/mol. The van der Waals surface area contributed by atoms with Crippen LogP contribution in [0.4, 0.5) is 18.0 Å². The van der Waals surface area contributed by atoms with Crippen LogP contribution in [0.15, 0.2) is 24.3 Å². The number of alkyl halides is 3. The highest BCUT2D eigenvalue weighted by molar-refractivity contribution is 6.11. The first kappa shape index (κ1) is 24.7. The summed E-state index contributed by atoms with van der Waals surface area (Å²) in [5.41, 5.74) is 0.423. The van der Waals surface area contributed by atoms with Crippen LogP contribution in [-0.4, -0.2) is 70.1 Å². The third kappa shape index (κ3) is 6.31. The molecule has 32 heavy (non-hydrogen) atoms. The Bertz CT molecular complexity index is 751. The van der Waals surface area contributed by atoms with Crippen molar-refractivity contribution in [2.45, 2.75) is 56.5 Å². The first-order chi connectivity index (χ1) is 15.1. The molecule has 0 saturated carbocycles. The van der Waals surface area contributed by atoms with Crippen LogP contribution in [0, 0.1) is 5.92 Å². The lowest BCUT2D eigenvalue weighted by Gasteiger charge is -2.38. The molecule has 0 aliphatic carbocycles. The molecular formula is C22H31BF3NO5. The summed E-state index contributed by atoms with van der Waals surface area (Å²) in [5, 5.41) is 0. The standard InChI is InChI=1S/C22H31BF3NO5/c1-15(23)17-11-21(31-13-17)7-9-27(10-8-21)20(28)32-19(22(24,25)26)14-30-12-16-3-5-18(29-2)6-4-16/h3-6,15,17,19H,7-14,23H2,1-2H3/t15?,17?,19-/m1/s1. The number of nitrogens with zero attached hydrogens (tertiary/aromatic N) is 1. The number of carbonyl (C=O) groups is 1. The molecule has 3 rings (SSSR count). The Labute approximate surface area is 187 Å². The maximum atomic E-state index is 13.4. The number of benzene rings is 1. The van der Waals surface area contributed by atoms with Gasteiger partial charge >= 0.3 is 12.3 Å². The van der Waals surface area contributed by atoms with Crippen molar-refractivity contribution < 1.29 is 36.9 Å². The Hall–Kier alpha value is -1.94. The summed E-state index contributed by atoms with van der Waals surface area (Å²) >= 11 is 0. The minimum absolute atomic E-state index is 0.0330. The number of carbonyl (C=O) groups excluding carboxylic acids is 1. The molecule has 1 aromatic carbocycles. The molecule has 2 saturated heterocycles. The minimum atomic E-state index is -4.72. The Morgan fingerprint density at radius 1 is 1.28 bits per heavy atom. The average Bonchev–Trinajstić information content (AvgIpc) is 3.17. The Morgan fingerprint density at radius 2 is 1.94 bits per heavy atom. The normalized spacial score (nSPS) is 22.5. The van der Waals surface area contributed by atoms with Gasteiger partial charge in [-0.25, -0.2) is 4.79 Å². The molecule has 10 heteroatoms.